The molecule has 0 saturated heterocycles. The first-order chi connectivity index (χ1) is 8.10. The number of benzene rings is 1. The smallest absolute Gasteiger partial charge is 0.121 e. The van der Waals surface area contributed by atoms with Crippen molar-refractivity contribution in [3.63, 3.8) is 0 Å². The average Bonchev–Trinajstić information content (AvgIpc) is 2.68. The fraction of sp³-hybridized carbons (Fsp3) is 0.417. The van der Waals surface area contributed by atoms with Crippen LogP contribution in [0.2, 0.25) is 10.0 Å². The molecular formula is C12H15Cl2N3. The summed E-state index contributed by atoms with van der Waals surface area (Å²) in [6.45, 7) is 5.02. The van der Waals surface area contributed by atoms with E-state index in [1.165, 1.54) is 0 Å². The van der Waals surface area contributed by atoms with Gasteiger partial charge in [0, 0.05) is 6.04 Å². The number of hydrogen-bond donors (Lipinski definition) is 2. The third kappa shape index (κ3) is 2.92. The zero-order valence-electron chi connectivity index (χ0n) is 9.85. The lowest BCUT2D eigenvalue weighted by molar-refractivity contribution is 0.525. The number of fused-ring (bicyclic) bond motifs is 1. The van der Waals surface area contributed by atoms with E-state index in [1.54, 1.807) is 12.1 Å². The Bertz CT molecular complexity index is 483. The largest absolute Gasteiger partial charge is 0.341 e. The van der Waals surface area contributed by atoms with Crippen molar-refractivity contribution in [3.8, 4) is 0 Å². The van der Waals surface area contributed by atoms with E-state index in [2.05, 4.69) is 29.1 Å². The normalized spacial score (nSPS) is 13.2. The maximum absolute atomic E-state index is 5.95. The van der Waals surface area contributed by atoms with E-state index in [0.717, 1.165) is 29.8 Å². The van der Waals surface area contributed by atoms with E-state index in [-0.39, 0.29) is 0 Å². The van der Waals surface area contributed by atoms with Gasteiger partial charge in [-0.1, -0.05) is 30.1 Å². The maximum Gasteiger partial charge on any atom is 0.121 e. The Kier molecular flexibility index (Phi) is 3.92. The molecule has 92 valence electrons. The zero-order valence-corrected chi connectivity index (χ0v) is 11.4. The number of H-pyrrole nitrogens is 1. The monoisotopic (exact) mass is 271 g/mol. The first-order valence-corrected chi connectivity index (χ1v) is 6.42. The summed E-state index contributed by atoms with van der Waals surface area (Å²) < 4.78 is 0. The molecule has 0 radical (unpaired) electrons. The summed E-state index contributed by atoms with van der Waals surface area (Å²) >= 11 is 11.9. The predicted octanol–water partition coefficient (Wildman–Crippen LogP) is 3.76. The first kappa shape index (κ1) is 12.7. The number of rotatable bonds is 4. The predicted molar refractivity (Wildman–Crippen MR) is 72.7 cm³/mol. The molecule has 1 heterocycles. The lowest BCUT2D eigenvalue weighted by Crippen LogP contribution is -2.24. The van der Waals surface area contributed by atoms with Gasteiger partial charge in [0.05, 0.1) is 27.6 Å². The molecule has 0 amide bonds. The Morgan fingerprint density at radius 3 is 2.76 bits per heavy atom. The summed E-state index contributed by atoms with van der Waals surface area (Å²) in [5.41, 5.74) is 1.76. The van der Waals surface area contributed by atoms with Gasteiger partial charge < -0.3 is 10.3 Å². The van der Waals surface area contributed by atoms with Crippen LogP contribution >= 0.6 is 23.2 Å². The van der Waals surface area contributed by atoms with E-state index in [1.807, 2.05) is 0 Å². The third-order valence-electron chi connectivity index (χ3n) is 2.80. The summed E-state index contributed by atoms with van der Waals surface area (Å²) in [6.07, 6.45) is 1.10. The summed E-state index contributed by atoms with van der Waals surface area (Å²) in [6, 6.07) is 4.07. The highest BCUT2D eigenvalue weighted by molar-refractivity contribution is 6.42. The van der Waals surface area contributed by atoms with E-state index in [0.29, 0.717) is 16.1 Å². The van der Waals surface area contributed by atoms with Crippen LogP contribution in [0.4, 0.5) is 0 Å². The Balaban J connectivity index is 2.20. The number of halogens is 2. The van der Waals surface area contributed by atoms with Crippen molar-refractivity contribution < 1.29 is 0 Å². The molecule has 0 fully saturated rings. The molecule has 1 unspecified atom stereocenters. The van der Waals surface area contributed by atoms with E-state index in [4.69, 9.17) is 23.2 Å². The Hall–Kier alpha value is -0.770. The van der Waals surface area contributed by atoms with Gasteiger partial charge in [0.15, 0.2) is 0 Å². The molecule has 0 spiro atoms. The maximum atomic E-state index is 5.95. The van der Waals surface area contributed by atoms with Crippen LogP contribution in [0.5, 0.6) is 0 Å². The summed E-state index contributed by atoms with van der Waals surface area (Å²) in [5.74, 6) is 0.902. The minimum Gasteiger partial charge on any atom is -0.341 e. The van der Waals surface area contributed by atoms with Crippen molar-refractivity contribution in [2.75, 3.05) is 0 Å². The average molecular weight is 272 g/mol. The van der Waals surface area contributed by atoms with E-state index >= 15 is 0 Å². The van der Waals surface area contributed by atoms with Crippen LogP contribution < -0.4 is 5.32 Å². The fourth-order valence-electron chi connectivity index (χ4n) is 1.56. The Morgan fingerprint density at radius 1 is 1.35 bits per heavy atom. The number of nitrogens with zero attached hydrogens (tertiary/aromatic N) is 1. The topological polar surface area (TPSA) is 40.7 Å². The highest BCUT2D eigenvalue weighted by atomic mass is 35.5. The van der Waals surface area contributed by atoms with Crippen molar-refractivity contribution in [2.45, 2.75) is 32.9 Å². The van der Waals surface area contributed by atoms with E-state index < -0.39 is 0 Å². The molecular weight excluding hydrogens is 257 g/mol. The van der Waals surface area contributed by atoms with Crippen LogP contribution in [0.1, 0.15) is 26.1 Å². The number of aromatic amines is 1. The number of nitrogens with one attached hydrogen (secondary N) is 2. The van der Waals surface area contributed by atoms with Crippen LogP contribution in [-0.4, -0.2) is 16.0 Å². The summed E-state index contributed by atoms with van der Waals surface area (Å²) in [4.78, 5) is 7.69. The Labute approximate surface area is 111 Å². The lowest BCUT2D eigenvalue weighted by atomic mass is 10.2. The molecule has 0 aliphatic carbocycles. The second-order valence-electron chi connectivity index (χ2n) is 4.16. The molecule has 2 rings (SSSR count). The van der Waals surface area contributed by atoms with Gasteiger partial charge in [0.1, 0.15) is 5.82 Å². The summed E-state index contributed by atoms with van der Waals surface area (Å²) in [7, 11) is 0. The van der Waals surface area contributed by atoms with Gasteiger partial charge in [-0.2, -0.15) is 0 Å². The van der Waals surface area contributed by atoms with Crippen LogP contribution in [-0.2, 0) is 6.54 Å². The third-order valence-corrected chi connectivity index (χ3v) is 3.53. The number of imidazole rings is 1. The van der Waals surface area contributed by atoms with Crippen LogP contribution in [0.3, 0.4) is 0 Å². The van der Waals surface area contributed by atoms with Crippen molar-refractivity contribution in [2.24, 2.45) is 0 Å². The Morgan fingerprint density at radius 2 is 2.06 bits per heavy atom. The molecule has 1 aromatic heterocycles. The second kappa shape index (κ2) is 5.25. The standard InChI is InChI=1S/C12H15Cl2N3/c1-3-7(2)15-6-12-16-10-4-8(13)9(14)5-11(10)17-12/h4-5,7,15H,3,6H2,1-2H3,(H,16,17). The quantitative estimate of drug-likeness (QED) is 0.889. The van der Waals surface area contributed by atoms with Gasteiger partial charge in [-0.25, -0.2) is 4.98 Å². The van der Waals surface area contributed by atoms with Crippen LogP contribution in [0, 0.1) is 0 Å². The lowest BCUT2D eigenvalue weighted by Gasteiger charge is -2.08. The van der Waals surface area contributed by atoms with E-state index in [9.17, 15) is 0 Å². The second-order valence-corrected chi connectivity index (χ2v) is 4.97. The highest BCUT2D eigenvalue weighted by Crippen LogP contribution is 2.26. The minimum atomic E-state index is 0.482. The molecule has 0 bridgehead atoms. The van der Waals surface area contributed by atoms with Crippen LogP contribution in [0.15, 0.2) is 12.1 Å². The van der Waals surface area contributed by atoms with Crippen molar-refractivity contribution >= 4 is 34.2 Å². The summed E-state index contributed by atoms with van der Waals surface area (Å²) in [5, 5.41) is 4.46. The SMILES string of the molecule is CCC(C)NCc1nc2cc(Cl)c(Cl)cc2[nH]1. The zero-order chi connectivity index (χ0) is 12.4. The van der Waals surface area contributed by atoms with Gasteiger partial charge in [-0.05, 0) is 25.5 Å². The fourth-order valence-corrected chi connectivity index (χ4v) is 1.88. The molecule has 1 atom stereocenters. The van der Waals surface area contributed by atoms with Crippen molar-refractivity contribution in [1.29, 1.82) is 0 Å². The number of aromatic nitrogens is 2. The van der Waals surface area contributed by atoms with Gasteiger partial charge in [0.25, 0.3) is 0 Å². The van der Waals surface area contributed by atoms with Crippen molar-refractivity contribution in [3.05, 3.63) is 28.0 Å². The molecule has 0 aliphatic rings. The molecule has 0 saturated carbocycles. The molecule has 3 nitrogen and oxygen atoms in total. The number of hydrogen-bond acceptors (Lipinski definition) is 2. The van der Waals surface area contributed by atoms with Crippen LogP contribution in [0.25, 0.3) is 11.0 Å². The highest BCUT2D eigenvalue weighted by Gasteiger charge is 2.07. The van der Waals surface area contributed by atoms with Gasteiger partial charge in [0.2, 0.25) is 0 Å². The molecule has 2 aromatic rings. The van der Waals surface area contributed by atoms with Gasteiger partial charge in [-0.3, -0.25) is 0 Å². The van der Waals surface area contributed by atoms with Crippen molar-refractivity contribution in [1.82, 2.24) is 15.3 Å². The van der Waals surface area contributed by atoms with Gasteiger partial charge in [-0.15, -0.1) is 0 Å². The molecule has 17 heavy (non-hydrogen) atoms. The first-order valence-electron chi connectivity index (χ1n) is 5.67. The molecule has 1 aromatic carbocycles. The van der Waals surface area contributed by atoms with Gasteiger partial charge >= 0.3 is 0 Å². The molecule has 2 N–H and O–H groups in total. The molecule has 5 heteroatoms. The molecule has 0 aliphatic heterocycles. The minimum absolute atomic E-state index is 0.482.